The highest BCUT2D eigenvalue weighted by Crippen LogP contribution is 2.45. The van der Waals surface area contributed by atoms with Crippen molar-refractivity contribution in [3.8, 4) is 11.6 Å². The molecule has 0 saturated carbocycles. The van der Waals surface area contributed by atoms with Gasteiger partial charge in [0.15, 0.2) is 0 Å². The number of benzene rings is 2. The van der Waals surface area contributed by atoms with Crippen LogP contribution in [0.1, 0.15) is 42.6 Å². The predicted molar refractivity (Wildman–Crippen MR) is 161 cm³/mol. The number of nitrogens with one attached hydrogen (secondary N) is 1. The van der Waals surface area contributed by atoms with Gasteiger partial charge in [-0.05, 0) is 49.2 Å². The van der Waals surface area contributed by atoms with Crippen LogP contribution in [-0.4, -0.2) is 65.4 Å². The van der Waals surface area contributed by atoms with Gasteiger partial charge in [0.1, 0.15) is 24.2 Å². The van der Waals surface area contributed by atoms with E-state index in [1.807, 2.05) is 38.1 Å². The van der Waals surface area contributed by atoms with Crippen LogP contribution in [0.5, 0.6) is 11.6 Å². The lowest BCUT2D eigenvalue weighted by Gasteiger charge is -2.35. The minimum absolute atomic E-state index is 0. The first-order valence-electron chi connectivity index (χ1n) is 13.1. The summed E-state index contributed by atoms with van der Waals surface area (Å²) in [5.41, 5.74) is 2.23. The fourth-order valence-corrected chi connectivity index (χ4v) is 5.15. The molecule has 2 aromatic carbocycles. The van der Waals surface area contributed by atoms with E-state index >= 15 is 0 Å². The van der Waals surface area contributed by atoms with Gasteiger partial charge in [-0.25, -0.2) is 9.78 Å². The quantitative estimate of drug-likeness (QED) is 0.366. The molecule has 3 amide bonds. The van der Waals surface area contributed by atoms with Gasteiger partial charge in [0, 0.05) is 35.4 Å². The molecular weight excluding hydrogens is 589 g/mol. The van der Waals surface area contributed by atoms with Crippen LogP contribution in [0.15, 0.2) is 65.8 Å². The number of nitrogens with zero attached hydrogens (tertiary/aromatic N) is 4. The number of aliphatic imine (C=N–C) groups is 1. The lowest BCUT2D eigenvalue weighted by atomic mass is 9.93. The molecule has 5 rings (SSSR count). The second kappa shape index (κ2) is 13.4. The summed E-state index contributed by atoms with van der Waals surface area (Å²) in [6.45, 7) is 5.26. The fraction of sp³-hybridized carbons (Fsp3) is 0.310. The summed E-state index contributed by atoms with van der Waals surface area (Å²) < 4.78 is 11.6. The predicted octanol–water partition coefficient (Wildman–Crippen LogP) is 5.70. The molecule has 216 valence electrons. The van der Waals surface area contributed by atoms with Gasteiger partial charge in [-0.3, -0.25) is 14.7 Å². The minimum Gasteiger partial charge on any atom is -0.493 e. The standard InChI is InChI=1S/C29H29Cl2N5O4.ClH/c1-3-39-23-15-25(40-4-2)33-16-22(23)28-34-26(18-5-9-20(30)10-6-18)27(19-7-11-21(31)12-8-19)36(28)29(38)35-14-13-32-24(37)17-35;/h5-12,15-16,26-27H,3-4,13-14,17H2,1-2H3,(H,32,37);1H/t26-,27+;/m0./s1. The van der Waals surface area contributed by atoms with Crippen molar-refractivity contribution < 1.29 is 19.1 Å². The van der Waals surface area contributed by atoms with Crippen LogP contribution in [0.4, 0.5) is 4.79 Å². The summed E-state index contributed by atoms with van der Waals surface area (Å²) in [5.74, 6) is 1.06. The zero-order valence-corrected chi connectivity index (χ0v) is 24.9. The average Bonchev–Trinajstić information content (AvgIpc) is 3.34. The Labute approximate surface area is 254 Å². The number of halogens is 3. The van der Waals surface area contributed by atoms with Crippen molar-refractivity contribution in [2.45, 2.75) is 25.9 Å². The fourth-order valence-electron chi connectivity index (χ4n) is 4.90. The topological polar surface area (TPSA) is 96.4 Å². The number of aromatic nitrogens is 1. The number of carbonyl (C=O) groups excluding carboxylic acids is 2. The highest BCUT2D eigenvalue weighted by Gasteiger charge is 2.45. The van der Waals surface area contributed by atoms with E-state index in [1.165, 1.54) is 4.90 Å². The molecule has 0 aliphatic carbocycles. The Hall–Kier alpha value is -3.53. The van der Waals surface area contributed by atoms with E-state index in [0.717, 1.165) is 11.1 Å². The Morgan fingerprint density at radius 3 is 2.24 bits per heavy atom. The summed E-state index contributed by atoms with van der Waals surface area (Å²) in [4.78, 5) is 39.3. The van der Waals surface area contributed by atoms with Crippen LogP contribution in [0, 0.1) is 0 Å². The van der Waals surface area contributed by atoms with Gasteiger partial charge in [0.25, 0.3) is 0 Å². The molecule has 0 bridgehead atoms. The maximum Gasteiger partial charge on any atom is 0.326 e. The largest absolute Gasteiger partial charge is 0.493 e. The van der Waals surface area contributed by atoms with Crippen molar-refractivity contribution in [1.82, 2.24) is 20.1 Å². The van der Waals surface area contributed by atoms with Crippen LogP contribution in [0.2, 0.25) is 10.0 Å². The lowest BCUT2D eigenvalue weighted by Crippen LogP contribution is -2.55. The number of carbonyl (C=O) groups is 2. The Morgan fingerprint density at radius 1 is 1.00 bits per heavy atom. The molecule has 41 heavy (non-hydrogen) atoms. The summed E-state index contributed by atoms with van der Waals surface area (Å²) >= 11 is 12.4. The van der Waals surface area contributed by atoms with Crippen molar-refractivity contribution in [2.24, 2.45) is 4.99 Å². The van der Waals surface area contributed by atoms with Crippen molar-refractivity contribution in [2.75, 3.05) is 32.8 Å². The second-order valence-corrected chi connectivity index (χ2v) is 10.1. The number of amidine groups is 1. The third-order valence-corrected chi connectivity index (χ3v) is 7.18. The molecule has 3 aromatic rings. The molecule has 1 saturated heterocycles. The molecule has 3 heterocycles. The van der Waals surface area contributed by atoms with Gasteiger partial charge >= 0.3 is 6.03 Å². The van der Waals surface area contributed by atoms with Crippen molar-refractivity contribution in [1.29, 1.82) is 0 Å². The van der Waals surface area contributed by atoms with E-state index in [-0.39, 0.29) is 30.9 Å². The SMILES string of the molecule is CCOc1cc(OCC)c(C2=N[C@@H](c3ccc(Cl)cc3)[C@@H](c3ccc(Cl)cc3)N2C(=O)N2CCNC(=O)C2)cn1.Cl. The van der Waals surface area contributed by atoms with E-state index in [0.29, 0.717) is 59.4 Å². The molecule has 0 unspecified atom stereocenters. The highest BCUT2D eigenvalue weighted by atomic mass is 35.5. The van der Waals surface area contributed by atoms with E-state index in [1.54, 1.807) is 41.4 Å². The Kier molecular flexibility index (Phi) is 9.96. The molecule has 2 aliphatic heterocycles. The van der Waals surface area contributed by atoms with Crippen molar-refractivity contribution in [3.63, 3.8) is 0 Å². The number of urea groups is 1. The molecule has 1 N–H and O–H groups in total. The second-order valence-electron chi connectivity index (χ2n) is 9.25. The first kappa shape index (κ1) is 30.4. The van der Waals surface area contributed by atoms with Crippen LogP contribution in [0.3, 0.4) is 0 Å². The van der Waals surface area contributed by atoms with Crippen LogP contribution in [-0.2, 0) is 4.79 Å². The zero-order chi connectivity index (χ0) is 28.2. The third kappa shape index (κ3) is 6.53. The van der Waals surface area contributed by atoms with E-state index in [4.69, 9.17) is 37.7 Å². The number of hydrogen-bond acceptors (Lipinski definition) is 6. The molecule has 1 aromatic heterocycles. The van der Waals surface area contributed by atoms with Gasteiger partial charge < -0.3 is 19.7 Å². The number of rotatable bonds is 7. The number of ether oxygens (including phenoxy) is 2. The first-order valence-corrected chi connectivity index (χ1v) is 13.8. The highest BCUT2D eigenvalue weighted by molar-refractivity contribution is 6.30. The summed E-state index contributed by atoms with van der Waals surface area (Å²) in [6.07, 6.45) is 1.61. The zero-order valence-electron chi connectivity index (χ0n) is 22.5. The van der Waals surface area contributed by atoms with Gasteiger partial charge in [0.05, 0.1) is 24.8 Å². The molecular formula is C29H30Cl3N5O4. The number of piperazine rings is 1. The summed E-state index contributed by atoms with van der Waals surface area (Å²) in [5, 5.41) is 3.95. The van der Waals surface area contributed by atoms with Gasteiger partial charge in [-0.15, -0.1) is 12.4 Å². The molecule has 1 fully saturated rings. The van der Waals surface area contributed by atoms with E-state index < -0.39 is 12.1 Å². The van der Waals surface area contributed by atoms with Gasteiger partial charge in [-0.2, -0.15) is 0 Å². The molecule has 2 aliphatic rings. The molecule has 2 atom stereocenters. The molecule has 0 spiro atoms. The number of amides is 3. The van der Waals surface area contributed by atoms with Crippen LogP contribution in [0.25, 0.3) is 0 Å². The van der Waals surface area contributed by atoms with Gasteiger partial charge in [-0.1, -0.05) is 47.5 Å². The number of hydrogen-bond donors (Lipinski definition) is 1. The smallest absolute Gasteiger partial charge is 0.326 e. The van der Waals surface area contributed by atoms with E-state index in [9.17, 15) is 9.59 Å². The summed E-state index contributed by atoms with van der Waals surface area (Å²) in [7, 11) is 0. The monoisotopic (exact) mass is 617 g/mol. The average molecular weight is 619 g/mol. The normalized spacial score (nSPS) is 18.3. The minimum atomic E-state index is -0.549. The Balaban J connectivity index is 0.00000387. The first-order chi connectivity index (χ1) is 19.4. The van der Waals surface area contributed by atoms with Crippen molar-refractivity contribution >= 4 is 53.4 Å². The molecule has 0 radical (unpaired) electrons. The Bertz CT molecular complexity index is 1420. The lowest BCUT2D eigenvalue weighted by molar-refractivity contribution is -0.123. The number of pyridine rings is 1. The van der Waals surface area contributed by atoms with Crippen molar-refractivity contribution in [3.05, 3.63) is 87.5 Å². The maximum absolute atomic E-state index is 14.3. The third-order valence-electron chi connectivity index (χ3n) is 6.68. The van der Waals surface area contributed by atoms with Crippen LogP contribution < -0.4 is 14.8 Å². The summed E-state index contributed by atoms with van der Waals surface area (Å²) in [6, 6.07) is 15.1. The van der Waals surface area contributed by atoms with Gasteiger partial charge in [0.2, 0.25) is 11.8 Å². The molecule has 12 heteroatoms. The molecule has 9 nitrogen and oxygen atoms in total. The van der Waals surface area contributed by atoms with E-state index in [2.05, 4.69) is 10.3 Å². The maximum atomic E-state index is 14.3. The Morgan fingerprint density at radius 2 is 1.63 bits per heavy atom. The van der Waals surface area contributed by atoms with Crippen LogP contribution >= 0.6 is 35.6 Å².